The van der Waals surface area contributed by atoms with Crippen LogP contribution in [0.2, 0.25) is 0 Å². The molecule has 1 aromatic heterocycles. The molecule has 0 bridgehead atoms. The number of piperidine rings is 1. The summed E-state index contributed by atoms with van der Waals surface area (Å²) in [5, 5.41) is 4.15. The van der Waals surface area contributed by atoms with Crippen LogP contribution in [0.25, 0.3) is 10.9 Å². The Labute approximate surface area is 194 Å². The zero-order valence-electron chi connectivity index (χ0n) is 18.8. The SMILES string of the molecule is CCOc1cc(CN2CCC(NC(=O)c3cccc(OS(C)(=O)=O)c3)CC2)cc2[nH]ccc12. The number of carbonyl (C=O) groups is 1. The summed E-state index contributed by atoms with van der Waals surface area (Å²) in [6.45, 7) is 5.17. The molecule has 2 heterocycles. The van der Waals surface area contributed by atoms with Gasteiger partial charge in [0.15, 0.2) is 0 Å². The van der Waals surface area contributed by atoms with Gasteiger partial charge in [-0.3, -0.25) is 9.69 Å². The van der Waals surface area contributed by atoms with E-state index < -0.39 is 10.1 Å². The van der Waals surface area contributed by atoms with Gasteiger partial charge in [0.2, 0.25) is 0 Å². The number of amides is 1. The van der Waals surface area contributed by atoms with Gasteiger partial charge in [-0.2, -0.15) is 8.42 Å². The fraction of sp³-hybridized carbons (Fsp3) is 0.375. The predicted octanol–water partition coefficient (Wildman–Crippen LogP) is 3.30. The van der Waals surface area contributed by atoms with Crippen LogP contribution in [0.1, 0.15) is 35.7 Å². The van der Waals surface area contributed by atoms with Gasteiger partial charge in [-0.25, -0.2) is 0 Å². The van der Waals surface area contributed by atoms with Crippen molar-refractivity contribution in [3.63, 3.8) is 0 Å². The van der Waals surface area contributed by atoms with Crippen LogP contribution in [0.4, 0.5) is 0 Å². The molecule has 0 aliphatic carbocycles. The number of carbonyl (C=O) groups excluding carboxylic acids is 1. The molecular weight excluding hydrogens is 442 g/mol. The number of ether oxygens (including phenoxy) is 1. The predicted molar refractivity (Wildman–Crippen MR) is 127 cm³/mol. The van der Waals surface area contributed by atoms with E-state index in [0.29, 0.717) is 12.2 Å². The normalized spacial score (nSPS) is 15.5. The Morgan fingerprint density at radius 2 is 1.97 bits per heavy atom. The molecule has 2 aromatic carbocycles. The molecule has 0 saturated carbocycles. The minimum Gasteiger partial charge on any atom is -0.493 e. The summed E-state index contributed by atoms with van der Waals surface area (Å²) in [4.78, 5) is 18.3. The molecule has 8 nitrogen and oxygen atoms in total. The molecule has 0 radical (unpaired) electrons. The number of H-pyrrole nitrogens is 1. The Balaban J connectivity index is 1.33. The largest absolute Gasteiger partial charge is 0.493 e. The average molecular weight is 472 g/mol. The van der Waals surface area contributed by atoms with Crippen molar-refractivity contribution in [2.45, 2.75) is 32.4 Å². The van der Waals surface area contributed by atoms with Gasteiger partial charge in [0, 0.05) is 48.3 Å². The summed E-state index contributed by atoms with van der Waals surface area (Å²) in [7, 11) is -3.64. The number of hydrogen-bond donors (Lipinski definition) is 2. The van der Waals surface area contributed by atoms with Gasteiger partial charge in [0.1, 0.15) is 11.5 Å². The highest BCUT2D eigenvalue weighted by Gasteiger charge is 2.22. The Bertz CT molecular complexity index is 1230. The van der Waals surface area contributed by atoms with Crippen molar-refractivity contribution in [3.05, 3.63) is 59.8 Å². The van der Waals surface area contributed by atoms with E-state index in [1.54, 1.807) is 12.1 Å². The van der Waals surface area contributed by atoms with Crippen LogP contribution >= 0.6 is 0 Å². The highest BCUT2D eigenvalue weighted by atomic mass is 32.2. The van der Waals surface area contributed by atoms with E-state index in [2.05, 4.69) is 27.3 Å². The summed E-state index contributed by atoms with van der Waals surface area (Å²) in [5.74, 6) is 0.798. The topological polar surface area (TPSA) is 101 Å². The summed E-state index contributed by atoms with van der Waals surface area (Å²) >= 11 is 0. The number of fused-ring (bicyclic) bond motifs is 1. The maximum Gasteiger partial charge on any atom is 0.306 e. The van der Waals surface area contributed by atoms with Crippen LogP contribution in [0.15, 0.2) is 48.7 Å². The van der Waals surface area contributed by atoms with Crippen LogP contribution < -0.4 is 14.2 Å². The van der Waals surface area contributed by atoms with E-state index in [4.69, 9.17) is 8.92 Å². The van der Waals surface area contributed by atoms with E-state index in [-0.39, 0.29) is 17.7 Å². The number of benzene rings is 2. The lowest BCUT2D eigenvalue weighted by Crippen LogP contribution is -2.44. The molecule has 0 atom stereocenters. The number of aromatic amines is 1. The molecule has 33 heavy (non-hydrogen) atoms. The van der Waals surface area contributed by atoms with Crippen LogP contribution in [-0.4, -0.2) is 56.2 Å². The Hall–Kier alpha value is -3.04. The standard InChI is InChI=1S/C24H29N3O5S/c1-3-31-23-14-17(13-22-21(23)7-10-25-22)16-27-11-8-19(9-12-27)26-24(28)18-5-4-6-20(15-18)32-33(2,29)30/h4-7,10,13-15,19,25H,3,8-9,11-12,16H2,1-2H3,(H,26,28). The van der Waals surface area contributed by atoms with Crippen molar-refractivity contribution < 1.29 is 22.1 Å². The number of rotatable bonds is 8. The highest BCUT2D eigenvalue weighted by Crippen LogP contribution is 2.28. The van der Waals surface area contributed by atoms with Crippen molar-refractivity contribution in [1.82, 2.24) is 15.2 Å². The average Bonchev–Trinajstić information content (AvgIpc) is 3.23. The molecule has 176 valence electrons. The van der Waals surface area contributed by atoms with Crippen LogP contribution in [-0.2, 0) is 16.7 Å². The first kappa shape index (κ1) is 23.1. The molecule has 2 N–H and O–H groups in total. The molecule has 0 spiro atoms. The van der Waals surface area contributed by atoms with Gasteiger partial charge in [-0.05, 0) is 61.7 Å². The Kier molecular flexibility index (Phi) is 6.90. The molecule has 1 saturated heterocycles. The third kappa shape index (κ3) is 6.06. The first-order valence-electron chi connectivity index (χ1n) is 11.1. The lowest BCUT2D eigenvalue weighted by Gasteiger charge is -2.32. The van der Waals surface area contributed by atoms with Gasteiger partial charge >= 0.3 is 10.1 Å². The molecule has 1 aliphatic heterocycles. The van der Waals surface area contributed by atoms with Crippen molar-refractivity contribution in [3.8, 4) is 11.5 Å². The molecule has 1 fully saturated rings. The lowest BCUT2D eigenvalue weighted by atomic mass is 10.0. The van der Waals surface area contributed by atoms with Gasteiger partial charge in [0.25, 0.3) is 5.91 Å². The third-order valence-electron chi connectivity index (χ3n) is 5.66. The Morgan fingerprint density at radius 1 is 1.18 bits per heavy atom. The summed E-state index contributed by atoms with van der Waals surface area (Å²) in [6, 6.07) is 12.6. The van der Waals surface area contributed by atoms with Gasteiger partial charge in [-0.1, -0.05) is 6.07 Å². The molecule has 3 aromatic rings. The zero-order valence-corrected chi connectivity index (χ0v) is 19.7. The first-order chi connectivity index (χ1) is 15.8. The summed E-state index contributed by atoms with van der Waals surface area (Å²) < 4.78 is 33.3. The van der Waals surface area contributed by atoms with Crippen molar-refractivity contribution in [1.29, 1.82) is 0 Å². The number of aromatic nitrogens is 1. The second kappa shape index (κ2) is 9.84. The molecule has 1 aliphatic rings. The van der Waals surface area contributed by atoms with E-state index in [1.165, 1.54) is 17.7 Å². The zero-order chi connectivity index (χ0) is 23.4. The van der Waals surface area contributed by atoms with E-state index in [1.807, 2.05) is 19.2 Å². The molecule has 9 heteroatoms. The monoisotopic (exact) mass is 471 g/mol. The van der Waals surface area contributed by atoms with E-state index in [0.717, 1.165) is 55.4 Å². The third-order valence-corrected chi connectivity index (χ3v) is 6.16. The second-order valence-electron chi connectivity index (χ2n) is 8.31. The minimum absolute atomic E-state index is 0.0677. The summed E-state index contributed by atoms with van der Waals surface area (Å²) in [6.07, 6.45) is 4.58. The number of likely N-dealkylation sites (tertiary alicyclic amines) is 1. The van der Waals surface area contributed by atoms with Gasteiger partial charge in [-0.15, -0.1) is 0 Å². The van der Waals surface area contributed by atoms with Gasteiger partial charge in [0.05, 0.1) is 12.9 Å². The number of nitrogens with one attached hydrogen (secondary N) is 2. The molecule has 0 unspecified atom stereocenters. The first-order valence-corrected chi connectivity index (χ1v) is 12.9. The Morgan fingerprint density at radius 3 is 2.70 bits per heavy atom. The summed E-state index contributed by atoms with van der Waals surface area (Å²) in [5.41, 5.74) is 2.64. The fourth-order valence-corrected chi connectivity index (χ4v) is 4.64. The quantitative estimate of drug-likeness (QED) is 0.489. The maximum atomic E-state index is 12.7. The molecular formula is C24H29N3O5S. The van der Waals surface area contributed by atoms with Gasteiger partial charge < -0.3 is 19.2 Å². The van der Waals surface area contributed by atoms with Crippen molar-refractivity contribution >= 4 is 26.9 Å². The van der Waals surface area contributed by atoms with Crippen molar-refractivity contribution in [2.24, 2.45) is 0 Å². The minimum atomic E-state index is -3.64. The van der Waals surface area contributed by atoms with Crippen LogP contribution in [0, 0.1) is 0 Å². The van der Waals surface area contributed by atoms with Crippen LogP contribution in [0.3, 0.4) is 0 Å². The number of hydrogen-bond acceptors (Lipinski definition) is 6. The number of nitrogens with zero attached hydrogens (tertiary/aromatic N) is 1. The second-order valence-corrected chi connectivity index (χ2v) is 9.88. The van der Waals surface area contributed by atoms with Crippen LogP contribution in [0.5, 0.6) is 11.5 Å². The van der Waals surface area contributed by atoms with Crippen molar-refractivity contribution in [2.75, 3.05) is 26.0 Å². The lowest BCUT2D eigenvalue weighted by molar-refractivity contribution is 0.0908. The molecule has 4 rings (SSSR count). The fourth-order valence-electron chi connectivity index (χ4n) is 4.18. The smallest absolute Gasteiger partial charge is 0.306 e. The highest BCUT2D eigenvalue weighted by molar-refractivity contribution is 7.86. The molecule has 1 amide bonds. The maximum absolute atomic E-state index is 12.7. The van der Waals surface area contributed by atoms with E-state index >= 15 is 0 Å². The van der Waals surface area contributed by atoms with E-state index in [9.17, 15) is 13.2 Å².